The van der Waals surface area contributed by atoms with Crippen molar-refractivity contribution in [2.45, 2.75) is 4.90 Å². The number of hydrogen-bond acceptors (Lipinski definition) is 5. The fourth-order valence-corrected chi connectivity index (χ4v) is 4.28. The molecule has 1 heterocycles. The van der Waals surface area contributed by atoms with Crippen LogP contribution in [0.15, 0.2) is 51.8 Å². The summed E-state index contributed by atoms with van der Waals surface area (Å²) in [5, 5.41) is 0.744. The molecule has 8 heteroatoms. The van der Waals surface area contributed by atoms with Gasteiger partial charge in [0.1, 0.15) is 0 Å². The molecule has 0 aliphatic carbocycles. The molecule has 0 bridgehead atoms. The van der Waals surface area contributed by atoms with Gasteiger partial charge >= 0.3 is 0 Å². The van der Waals surface area contributed by atoms with Crippen molar-refractivity contribution in [3.8, 4) is 0 Å². The second-order valence-corrected chi connectivity index (χ2v) is 8.90. The number of thioether (sulfide) groups is 1. The monoisotopic (exact) mass is 485 g/mol. The van der Waals surface area contributed by atoms with Crippen molar-refractivity contribution in [2.24, 2.45) is 0 Å². The third-order valence-electron chi connectivity index (χ3n) is 3.92. The number of carbonyl (C=O) groups excluding carboxylic acids is 1. The Balaban J connectivity index is 0.00000261. The van der Waals surface area contributed by atoms with Gasteiger partial charge in [-0.05, 0) is 62.8 Å². The van der Waals surface area contributed by atoms with Crippen molar-refractivity contribution in [2.75, 3.05) is 38.3 Å². The van der Waals surface area contributed by atoms with Crippen LogP contribution in [-0.4, -0.2) is 49.2 Å². The highest BCUT2D eigenvalue weighted by Crippen LogP contribution is 2.32. The predicted octanol–water partition coefficient (Wildman–Crippen LogP) is 5.41. The molecule has 0 radical (unpaired) electrons. The van der Waals surface area contributed by atoms with Crippen LogP contribution in [0, 0.1) is 0 Å². The number of fused-ring (bicyclic) bond motifs is 1. The fraction of sp³-hybridized carbons (Fsp3) is 0.263. The highest BCUT2D eigenvalue weighted by atomic mass is 79.9. The van der Waals surface area contributed by atoms with Gasteiger partial charge in [-0.25, -0.2) is 4.98 Å². The van der Waals surface area contributed by atoms with Gasteiger partial charge in [-0.3, -0.25) is 9.69 Å². The van der Waals surface area contributed by atoms with Crippen LogP contribution in [0.25, 0.3) is 10.2 Å². The second-order valence-electron chi connectivity index (χ2n) is 6.10. The molecule has 1 amide bonds. The molecule has 4 nitrogen and oxygen atoms in total. The first-order valence-corrected chi connectivity index (χ1v) is 11.0. The second kappa shape index (κ2) is 9.89. The number of rotatable bonds is 6. The van der Waals surface area contributed by atoms with Crippen molar-refractivity contribution < 1.29 is 4.79 Å². The first-order valence-electron chi connectivity index (χ1n) is 8.14. The Morgan fingerprint density at radius 1 is 1.15 bits per heavy atom. The summed E-state index contributed by atoms with van der Waals surface area (Å²) in [5.74, 6) is -0.0245. The van der Waals surface area contributed by atoms with Crippen molar-refractivity contribution in [1.82, 2.24) is 9.88 Å². The molecule has 144 valence electrons. The molecule has 0 saturated heterocycles. The van der Waals surface area contributed by atoms with Gasteiger partial charge < -0.3 is 4.90 Å². The fourth-order valence-electron chi connectivity index (χ4n) is 2.47. The van der Waals surface area contributed by atoms with E-state index in [1.54, 1.807) is 28.0 Å². The Bertz CT molecular complexity index is 915. The van der Waals surface area contributed by atoms with Crippen molar-refractivity contribution in [3.63, 3.8) is 0 Å². The molecule has 3 rings (SSSR count). The molecule has 0 unspecified atom stereocenters. The van der Waals surface area contributed by atoms with E-state index >= 15 is 0 Å². The third kappa shape index (κ3) is 5.45. The van der Waals surface area contributed by atoms with Gasteiger partial charge in [-0.15, -0.1) is 24.2 Å². The molecule has 0 aliphatic rings. The number of carbonyl (C=O) groups is 1. The summed E-state index contributed by atoms with van der Waals surface area (Å²) in [6, 6.07) is 13.7. The third-order valence-corrected chi connectivity index (χ3v) is 6.22. The number of hydrogen-bond donors (Lipinski definition) is 0. The quantitative estimate of drug-likeness (QED) is 0.436. The van der Waals surface area contributed by atoms with E-state index < -0.39 is 0 Å². The van der Waals surface area contributed by atoms with Crippen molar-refractivity contribution in [3.05, 3.63) is 52.5 Å². The molecular formula is C19H21BrClN3OS2. The molecule has 0 aliphatic heterocycles. The van der Waals surface area contributed by atoms with E-state index in [1.807, 2.05) is 44.4 Å². The minimum atomic E-state index is -0.0245. The van der Waals surface area contributed by atoms with E-state index in [9.17, 15) is 4.79 Å². The van der Waals surface area contributed by atoms with E-state index in [0.717, 1.165) is 26.4 Å². The topological polar surface area (TPSA) is 36.4 Å². The summed E-state index contributed by atoms with van der Waals surface area (Å²) >= 11 is 6.69. The Hall–Kier alpha value is -1.12. The van der Waals surface area contributed by atoms with E-state index in [0.29, 0.717) is 12.1 Å². The minimum absolute atomic E-state index is 0. The van der Waals surface area contributed by atoms with E-state index in [-0.39, 0.29) is 18.3 Å². The molecule has 27 heavy (non-hydrogen) atoms. The maximum atomic E-state index is 13.1. The van der Waals surface area contributed by atoms with Gasteiger partial charge in [0.25, 0.3) is 5.91 Å². The van der Waals surface area contributed by atoms with Crippen molar-refractivity contribution >= 4 is 72.7 Å². The lowest BCUT2D eigenvalue weighted by Crippen LogP contribution is -2.36. The van der Waals surface area contributed by atoms with Crippen LogP contribution >= 0.6 is 51.4 Å². The average Bonchev–Trinajstić information content (AvgIpc) is 3.04. The number of benzene rings is 2. The number of anilines is 1. The molecule has 0 spiro atoms. The molecule has 1 aromatic heterocycles. The van der Waals surface area contributed by atoms with Gasteiger partial charge in [-0.1, -0.05) is 27.3 Å². The van der Waals surface area contributed by atoms with Crippen LogP contribution < -0.4 is 4.90 Å². The molecular weight excluding hydrogens is 466 g/mol. The standard InChI is InChI=1S/C19H20BrN3OS2.ClH/c1-22(2)10-11-23(18(24)13-4-6-14(20)7-5-13)19-21-16-9-8-15(25-3)12-17(16)26-19;/h4-9,12H,10-11H2,1-3H3;1H. The average molecular weight is 487 g/mol. The summed E-state index contributed by atoms with van der Waals surface area (Å²) < 4.78 is 2.06. The van der Waals surface area contributed by atoms with E-state index in [2.05, 4.69) is 39.2 Å². The zero-order chi connectivity index (χ0) is 18.7. The van der Waals surface area contributed by atoms with Crippen LogP contribution in [-0.2, 0) is 0 Å². The Morgan fingerprint density at radius 2 is 1.85 bits per heavy atom. The number of nitrogens with zero attached hydrogens (tertiary/aromatic N) is 3. The predicted molar refractivity (Wildman–Crippen MR) is 123 cm³/mol. The Labute approximate surface area is 182 Å². The zero-order valence-corrected chi connectivity index (χ0v) is 19.3. The largest absolute Gasteiger partial charge is 0.308 e. The van der Waals surface area contributed by atoms with Gasteiger partial charge in [-0.2, -0.15) is 0 Å². The highest BCUT2D eigenvalue weighted by molar-refractivity contribution is 9.10. The number of thiazole rings is 1. The maximum Gasteiger partial charge on any atom is 0.260 e. The van der Waals surface area contributed by atoms with Crippen LogP contribution in [0.4, 0.5) is 5.13 Å². The Morgan fingerprint density at radius 3 is 2.48 bits per heavy atom. The minimum Gasteiger partial charge on any atom is -0.308 e. The van der Waals surface area contributed by atoms with Gasteiger partial charge in [0.2, 0.25) is 0 Å². The summed E-state index contributed by atoms with van der Waals surface area (Å²) in [4.78, 5) is 22.9. The number of amides is 1. The van der Waals surface area contributed by atoms with Crippen LogP contribution in [0.1, 0.15) is 10.4 Å². The smallest absolute Gasteiger partial charge is 0.260 e. The molecule has 0 atom stereocenters. The molecule has 2 aromatic carbocycles. The highest BCUT2D eigenvalue weighted by Gasteiger charge is 2.21. The van der Waals surface area contributed by atoms with Crippen molar-refractivity contribution in [1.29, 1.82) is 0 Å². The first-order chi connectivity index (χ1) is 12.5. The molecule has 0 saturated carbocycles. The van der Waals surface area contributed by atoms with Crippen LogP contribution in [0.3, 0.4) is 0 Å². The van der Waals surface area contributed by atoms with Gasteiger partial charge in [0.05, 0.1) is 10.2 Å². The molecule has 3 aromatic rings. The van der Waals surface area contributed by atoms with Gasteiger partial charge in [0, 0.05) is 28.0 Å². The van der Waals surface area contributed by atoms with Crippen LogP contribution in [0.2, 0.25) is 0 Å². The first kappa shape index (κ1) is 22.2. The normalized spacial score (nSPS) is 10.9. The lowest BCUT2D eigenvalue weighted by molar-refractivity contribution is 0.0985. The van der Waals surface area contributed by atoms with Gasteiger partial charge in [0.15, 0.2) is 5.13 Å². The number of likely N-dealkylation sites (N-methyl/N-ethyl adjacent to an activating group) is 1. The van der Waals surface area contributed by atoms with E-state index in [1.165, 1.54) is 4.90 Å². The lowest BCUT2D eigenvalue weighted by atomic mass is 10.2. The SMILES string of the molecule is CSc1ccc2nc(N(CCN(C)C)C(=O)c3ccc(Br)cc3)sc2c1.Cl. The Kier molecular flexibility index (Phi) is 8.12. The zero-order valence-electron chi connectivity index (χ0n) is 15.3. The number of aromatic nitrogens is 1. The summed E-state index contributed by atoms with van der Waals surface area (Å²) in [5.41, 5.74) is 1.59. The summed E-state index contributed by atoms with van der Waals surface area (Å²) in [6.45, 7) is 1.37. The van der Waals surface area contributed by atoms with E-state index in [4.69, 9.17) is 4.98 Å². The lowest BCUT2D eigenvalue weighted by Gasteiger charge is -2.22. The summed E-state index contributed by atoms with van der Waals surface area (Å²) in [6.07, 6.45) is 2.06. The van der Waals surface area contributed by atoms with Crippen LogP contribution in [0.5, 0.6) is 0 Å². The number of halogens is 2. The molecule has 0 N–H and O–H groups in total. The molecule has 0 fully saturated rings. The summed E-state index contributed by atoms with van der Waals surface area (Å²) in [7, 11) is 4.01. The maximum absolute atomic E-state index is 13.1.